The quantitative estimate of drug-likeness (QED) is 0.162. The number of aliphatic hydroxyl groups is 1. The summed E-state index contributed by atoms with van der Waals surface area (Å²) in [6.07, 6.45) is 0.883. The average molecular weight is 563 g/mol. The van der Waals surface area contributed by atoms with Gasteiger partial charge < -0.3 is 9.84 Å². The Morgan fingerprint density at radius 2 is 1.86 bits per heavy atom. The zero-order valence-electron chi connectivity index (χ0n) is 19.7. The van der Waals surface area contributed by atoms with Crippen molar-refractivity contribution in [2.24, 2.45) is 0 Å². The molecule has 182 valence electrons. The molecule has 5 rings (SSSR count). The van der Waals surface area contributed by atoms with Crippen molar-refractivity contribution < 1.29 is 19.4 Å². The van der Waals surface area contributed by atoms with Crippen molar-refractivity contribution >= 4 is 60.1 Å². The third-order valence-electron chi connectivity index (χ3n) is 6.10. The number of amides is 1. The number of ether oxygens (including phenoxy) is 1. The number of halogens is 1. The molecule has 3 aromatic carbocycles. The lowest BCUT2D eigenvalue weighted by molar-refractivity contribution is -0.132. The first-order chi connectivity index (χ1) is 17.4. The van der Waals surface area contributed by atoms with Crippen molar-refractivity contribution in [3.8, 4) is 5.75 Å². The van der Waals surface area contributed by atoms with Gasteiger partial charge in [-0.3, -0.25) is 14.5 Å². The van der Waals surface area contributed by atoms with Crippen molar-refractivity contribution in [2.75, 3.05) is 11.5 Å². The fourth-order valence-corrected chi connectivity index (χ4v) is 5.81. The van der Waals surface area contributed by atoms with Crippen LogP contribution in [-0.2, 0) is 16.0 Å². The van der Waals surface area contributed by atoms with Crippen LogP contribution in [0.1, 0.15) is 36.6 Å². The standard InChI is InChI=1S/C28H23BrN2O4S/c1-3-16-8-13-21-22(14-16)36-28(30-21)31-24(18-6-5-7-19(29)15-18)23(26(33)27(31)34)25(32)17-9-11-20(12-10-17)35-4-2/h5-15,24,32H,3-4H2,1-2H3/t24-/m0/s1. The van der Waals surface area contributed by atoms with Gasteiger partial charge in [-0.15, -0.1) is 0 Å². The SMILES string of the molecule is CCOc1ccc(C(O)=C2C(=O)C(=O)N(c3nc4ccc(CC)cc4s3)[C@H]2c2cccc(Br)c2)cc1. The van der Waals surface area contributed by atoms with Gasteiger partial charge in [-0.1, -0.05) is 52.4 Å². The topological polar surface area (TPSA) is 79.7 Å². The van der Waals surface area contributed by atoms with Gasteiger partial charge in [0.1, 0.15) is 11.5 Å². The minimum absolute atomic E-state index is 0.0239. The number of aromatic nitrogens is 1. The predicted octanol–water partition coefficient (Wildman–Crippen LogP) is 6.65. The zero-order valence-corrected chi connectivity index (χ0v) is 22.1. The number of thiazole rings is 1. The second kappa shape index (κ2) is 9.87. The Morgan fingerprint density at radius 1 is 1.08 bits per heavy atom. The second-order valence-corrected chi connectivity index (χ2v) is 10.3. The van der Waals surface area contributed by atoms with Crippen LogP contribution in [0, 0.1) is 0 Å². The summed E-state index contributed by atoms with van der Waals surface area (Å²) in [6, 6.07) is 19.3. The van der Waals surface area contributed by atoms with E-state index in [1.165, 1.54) is 21.8 Å². The molecular weight excluding hydrogens is 540 g/mol. The summed E-state index contributed by atoms with van der Waals surface area (Å²) in [6.45, 7) is 4.48. The van der Waals surface area contributed by atoms with E-state index >= 15 is 0 Å². The van der Waals surface area contributed by atoms with Gasteiger partial charge in [-0.2, -0.15) is 0 Å². The number of nitrogens with zero attached hydrogens (tertiary/aromatic N) is 2. The van der Waals surface area contributed by atoms with Gasteiger partial charge in [0.25, 0.3) is 5.78 Å². The number of carbonyl (C=O) groups excluding carboxylic acids is 2. The van der Waals surface area contributed by atoms with Crippen molar-refractivity contribution in [3.63, 3.8) is 0 Å². The Kier molecular flexibility index (Phi) is 6.64. The maximum absolute atomic E-state index is 13.4. The first-order valence-corrected chi connectivity index (χ1v) is 13.2. The van der Waals surface area contributed by atoms with Crippen LogP contribution in [-0.4, -0.2) is 28.4 Å². The molecule has 0 saturated carbocycles. The predicted molar refractivity (Wildman–Crippen MR) is 146 cm³/mol. The largest absolute Gasteiger partial charge is 0.507 e. The summed E-state index contributed by atoms with van der Waals surface area (Å²) in [5.74, 6) is -1.06. The number of benzene rings is 3. The minimum atomic E-state index is -0.833. The molecule has 1 N–H and O–H groups in total. The van der Waals surface area contributed by atoms with Crippen LogP contribution in [0.3, 0.4) is 0 Å². The smallest absolute Gasteiger partial charge is 0.301 e. The number of ketones is 1. The maximum Gasteiger partial charge on any atom is 0.301 e. The monoisotopic (exact) mass is 562 g/mol. The van der Waals surface area contributed by atoms with E-state index in [4.69, 9.17) is 9.72 Å². The molecule has 1 aliphatic heterocycles. The van der Waals surface area contributed by atoms with Crippen LogP contribution in [0.15, 0.2) is 76.8 Å². The normalized spacial score (nSPS) is 17.2. The minimum Gasteiger partial charge on any atom is -0.507 e. The summed E-state index contributed by atoms with van der Waals surface area (Å²) in [7, 11) is 0. The number of fused-ring (bicyclic) bond motifs is 1. The maximum atomic E-state index is 13.4. The summed E-state index contributed by atoms with van der Waals surface area (Å²) >= 11 is 4.85. The average Bonchev–Trinajstić information content (AvgIpc) is 3.42. The van der Waals surface area contributed by atoms with Gasteiger partial charge in [0.15, 0.2) is 5.13 Å². The fraction of sp³-hybridized carbons (Fsp3) is 0.179. The molecule has 1 aromatic heterocycles. The van der Waals surface area contributed by atoms with Crippen LogP contribution in [0.4, 0.5) is 5.13 Å². The molecular formula is C28H23BrN2O4S. The molecule has 0 aliphatic carbocycles. The second-order valence-electron chi connectivity index (χ2n) is 8.33. The Morgan fingerprint density at radius 3 is 2.56 bits per heavy atom. The molecule has 4 aromatic rings. The molecule has 6 nitrogen and oxygen atoms in total. The Labute approximate surface area is 221 Å². The summed E-state index contributed by atoms with van der Waals surface area (Å²) in [5, 5.41) is 11.7. The Balaban J connectivity index is 1.68. The Bertz CT molecular complexity index is 1510. The molecule has 36 heavy (non-hydrogen) atoms. The number of hydrogen-bond donors (Lipinski definition) is 1. The number of hydrogen-bond acceptors (Lipinski definition) is 6. The first kappa shape index (κ1) is 24.2. The van der Waals surface area contributed by atoms with E-state index in [9.17, 15) is 14.7 Å². The van der Waals surface area contributed by atoms with Crippen molar-refractivity contribution in [1.29, 1.82) is 0 Å². The highest BCUT2D eigenvalue weighted by molar-refractivity contribution is 9.10. The lowest BCUT2D eigenvalue weighted by Crippen LogP contribution is -2.29. The van der Waals surface area contributed by atoms with E-state index in [0.717, 1.165) is 21.1 Å². The number of aryl methyl sites for hydroxylation is 1. The van der Waals surface area contributed by atoms with Gasteiger partial charge in [0, 0.05) is 10.0 Å². The summed E-state index contributed by atoms with van der Waals surface area (Å²) in [5.41, 5.74) is 3.06. The summed E-state index contributed by atoms with van der Waals surface area (Å²) in [4.78, 5) is 32.9. The molecule has 2 heterocycles. The van der Waals surface area contributed by atoms with Crippen molar-refractivity contribution in [1.82, 2.24) is 4.98 Å². The molecule has 1 aliphatic rings. The van der Waals surface area contributed by atoms with Crippen LogP contribution >= 0.6 is 27.3 Å². The van der Waals surface area contributed by atoms with E-state index in [2.05, 4.69) is 28.9 Å². The number of anilines is 1. The molecule has 0 radical (unpaired) electrons. The zero-order chi connectivity index (χ0) is 25.4. The highest BCUT2D eigenvalue weighted by Crippen LogP contribution is 2.44. The first-order valence-electron chi connectivity index (χ1n) is 11.6. The number of carbonyl (C=O) groups is 2. The number of rotatable bonds is 6. The van der Waals surface area contributed by atoms with Gasteiger partial charge in [0.05, 0.1) is 28.4 Å². The number of Topliss-reactive ketones (excluding diaryl/α,β-unsaturated/α-hetero) is 1. The van der Waals surface area contributed by atoms with Crippen molar-refractivity contribution in [2.45, 2.75) is 26.3 Å². The lowest BCUT2D eigenvalue weighted by Gasteiger charge is -2.23. The van der Waals surface area contributed by atoms with Crippen LogP contribution in [0.5, 0.6) is 5.75 Å². The summed E-state index contributed by atoms with van der Waals surface area (Å²) < 4.78 is 7.22. The third kappa shape index (κ3) is 4.31. The van der Waals surface area contributed by atoms with Crippen molar-refractivity contribution in [3.05, 3.63) is 93.5 Å². The van der Waals surface area contributed by atoms with E-state index in [1.54, 1.807) is 24.3 Å². The van der Waals surface area contributed by atoms with E-state index in [-0.39, 0.29) is 11.3 Å². The highest BCUT2D eigenvalue weighted by Gasteiger charge is 2.48. The molecule has 1 saturated heterocycles. The highest BCUT2D eigenvalue weighted by atomic mass is 79.9. The third-order valence-corrected chi connectivity index (χ3v) is 7.61. The number of aliphatic hydroxyl groups excluding tert-OH is 1. The van der Waals surface area contributed by atoms with E-state index in [1.807, 2.05) is 43.3 Å². The van der Waals surface area contributed by atoms with Crippen LogP contribution in [0.2, 0.25) is 0 Å². The van der Waals surface area contributed by atoms with Crippen LogP contribution in [0.25, 0.3) is 16.0 Å². The van der Waals surface area contributed by atoms with Gasteiger partial charge >= 0.3 is 5.91 Å². The lowest BCUT2D eigenvalue weighted by atomic mass is 9.95. The molecule has 1 amide bonds. The molecule has 0 spiro atoms. The fourth-order valence-electron chi connectivity index (χ4n) is 4.33. The molecule has 0 unspecified atom stereocenters. The van der Waals surface area contributed by atoms with Gasteiger partial charge in [-0.25, -0.2) is 4.98 Å². The molecule has 0 bridgehead atoms. The van der Waals surface area contributed by atoms with E-state index in [0.29, 0.717) is 28.6 Å². The molecule has 8 heteroatoms. The molecule has 1 fully saturated rings. The van der Waals surface area contributed by atoms with Gasteiger partial charge in [0.2, 0.25) is 0 Å². The Hall–Kier alpha value is -3.49. The van der Waals surface area contributed by atoms with E-state index < -0.39 is 17.7 Å². The molecule has 1 atom stereocenters. The van der Waals surface area contributed by atoms with Crippen LogP contribution < -0.4 is 9.64 Å². The van der Waals surface area contributed by atoms with Gasteiger partial charge in [-0.05, 0) is 73.0 Å².